The molecule has 0 aliphatic carbocycles. The van der Waals surface area contributed by atoms with Crippen LogP contribution < -0.4 is 5.32 Å². The first-order chi connectivity index (χ1) is 7.72. The zero-order valence-corrected chi connectivity index (χ0v) is 11.4. The largest absolute Gasteiger partial charge is 0.462 e. The van der Waals surface area contributed by atoms with Gasteiger partial charge in [-0.05, 0) is 37.2 Å². The van der Waals surface area contributed by atoms with Gasteiger partial charge in [-0.15, -0.1) is 0 Å². The Bertz CT molecular complexity index is 495. The summed E-state index contributed by atoms with van der Waals surface area (Å²) in [5.74, 6) is 0. The molecule has 2 rings (SSSR count). The number of fused-ring (bicyclic) bond motifs is 1. The van der Waals surface area contributed by atoms with Gasteiger partial charge in [0.1, 0.15) is 0 Å². The van der Waals surface area contributed by atoms with Crippen LogP contribution in [0.15, 0.2) is 27.3 Å². The lowest BCUT2D eigenvalue weighted by atomic mass is 10.1. The maximum absolute atomic E-state index is 6.10. The van der Waals surface area contributed by atoms with Gasteiger partial charge in [-0.25, -0.2) is 0 Å². The van der Waals surface area contributed by atoms with Crippen molar-refractivity contribution >= 4 is 38.5 Å². The second-order valence-electron chi connectivity index (χ2n) is 3.63. The monoisotopic (exact) mass is 301 g/mol. The molecular weight excluding hydrogens is 289 g/mol. The standard InChI is InChI=1S/C12H13BrClNO/c1-2-15-4-3-8-7-16-12-10(8)5-9(13)6-11(12)14/h5-7,15H,2-4H2,1H3. The Labute approximate surface area is 108 Å². The highest BCUT2D eigenvalue weighted by Gasteiger charge is 2.09. The molecule has 1 aromatic heterocycles. The van der Waals surface area contributed by atoms with E-state index in [9.17, 15) is 0 Å². The van der Waals surface area contributed by atoms with Crippen molar-refractivity contribution in [3.8, 4) is 0 Å². The van der Waals surface area contributed by atoms with E-state index in [1.807, 2.05) is 12.1 Å². The third-order valence-corrected chi connectivity index (χ3v) is 3.23. The van der Waals surface area contributed by atoms with Crippen LogP contribution in [0.25, 0.3) is 11.0 Å². The Morgan fingerprint density at radius 1 is 1.44 bits per heavy atom. The number of halogens is 2. The maximum Gasteiger partial charge on any atom is 0.152 e. The summed E-state index contributed by atoms with van der Waals surface area (Å²) in [4.78, 5) is 0. The Morgan fingerprint density at radius 3 is 3.00 bits per heavy atom. The number of likely N-dealkylation sites (N-methyl/N-ethyl adjacent to an activating group) is 1. The topological polar surface area (TPSA) is 25.2 Å². The number of hydrogen-bond donors (Lipinski definition) is 1. The fourth-order valence-corrected chi connectivity index (χ4v) is 2.56. The molecule has 0 bridgehead atoms. The minimum absolute atomic E-state index is 0.652. The van der Waals surface area contributed by atoms with Crippen LogP contribution in [-0.4, -0.2) is 13.1 Å². The molecule has 1 N–H and O–H groups in total. The van der Waals surface area contributed by atoms with Crippen molar-refractivity contribution in [2.24, 2.45) is 0 Å². The highest BCUT2D eigenvalue weighted by Crippen LogP contribution is 2.31. The Hall–Kier alpha value is -0.510. The highest BCUT2D eigenvalue weighted by atomic mass is 79.9. The number of furan rings is 1. The second-order valence-corrected chi connectivity index (χ2v) is 4.95. The number of hydrogen-bond acceptors (Lipinski definition) is 2. The lowest BCUT2D eigenvalue weighted by Gasteiger charge is -2.00. The molecule has 0 spiro atoms. The molecule has 2 aromatic rings. The van der Waals surface area contributed by atoms with E-state index in [-0.39, 0.29) is 0 Å². The molecule has 86 valence electrons. The lowest BCUT2D eigenvalue weighted by Crippen LogP contribution is -2.15. The van der Waals surface area contributed by atoms with Gasteiger partial charge < -0.3 is 9.73 Å². The Morgan fingerprint density at radius 2 is 2.25 bits per heavy atom. The van der Waals surface area contributed by atoms with Crippen LogP contribution in [0.1, 0.15) is 12.5 Å². The molecule has 0 atom stereocenters. The van der Waals surface area contributed by atoms with Gasteiger partial charge in [0.05, 0.1) is 11.3 Å². The van der Waals surface area contributed by atoms with Gasteiger partial charge in [0.2, 0.25) is 0 Å². The van der Waals surface area contributed by atoms with Crippen LogP contribution in [0.4, 0.5) is 0 Å². The molecule has 16 heavy (non-hydrogen) atoms. The summed E-state index contributed by atoms with van der Waals surface area (Å²) in [5, 5.41) is 5.04. The van der Waals surface area contributed by atoms with Crippen LogP contribution >= 0.6 is 27.5 Å². The van der Waals surface area contributed by atoms with E-state index in [1.54, 1.807) is 6.26 Å². The van der Waals surface area contributed by atoms with Gasteiger partial charge in [-0.1, -0.05) is 34.5 Å². The van der Waals surface area contributed by atoms with Crippen molar-refractivity contribution in [2.45, 2.75) is 13.3 Å². The zero-order chi connectivity index (χ0) is 11.5. The van der Waals surface area contributed by atoms with Gasteiger partial charge in [-0.3, -0.25) is 0 Å². The smallest absolute Gasteiger partial charge is 0.152 e. The first-order valence-electron chi connectivity index (χ1n) is 5.28. The van der Waals surface area contributed by atoms with E-state index >= 15 is 0 Å². The minimum atomic E-state index is 0.652. The molecule has 0 amide bonds. The average molecular weight is 303 g/mol. The molecule has 0 aliphatic heterocycles. The minimum Gasteiger partial charge on any atom is -0.462 e. The fourth-order valence-electron chi connectivity index (χ4n) is 1.71. The summed E-state index contributed by atoms with van der Waals surface area (Å²) in [5.41, 5.74) is 1.97. The SMILES string of the molecule is CCNCCc1coc2c(Cl)cc(Br)cc12. The number of benzene rings is 1. The van der Waals surface area contributed by atoms with E-state index in [1.165, 1.54) is 5.56 Å². The van der Waals surface area contributed by atoms with Crippen molar-refractivity contribution in [1.29, 1.82) is 0 Å². The van der Waals surface area contributed by atoms with E-state index in [0.29, 0.717) is 5.02 Å². The van der Waals surface area contributed by atoms with Gasteiger partial charge in [0.15, 0.2) is 5.58 Å². The van der Waals surface area contributed by atoms with Crippen LogP contribution in [0.5, 0.6) is 0 Å². The predicted molar refractivity (Wildman–Crippen MR) is 71.2 cm³/mol. The third-order valence-electron chi connectivity index (χ3n) is 2.49. The zero-order valence-electron chi connectivity index (χ0n) is 9.02. The van der Waals surface area contributed by atoms with Crippen LogP contribution in [0.2, 0.25) is 5.02 Å². The summed E-state index contributed by atoms with van der Waals surface area (Å²) >= 11 is 9.54. The first kappa shape index (κ1) is 12.0. The quantitative estimate of drug-likeness (QED) is 0.864. The van der Waals surface area contributed by atoms with E-state index < -0.39 is 0 Å². The molecule has 1 aromatic carbocycles. The van der Waals surface area contributed by atoms with E-state index in [4.69, 9.17) is 16.0 Å². The van der Waals surface area contributed by atoms with Crippen molar-refractivity contribution in [3.63, 3.8) is 0 Å². The molecule has 0 saturated carbocycles. The second kappa shape index (κ2) is 5.21. The summed E-state index contributed by atoms with van der Waals surface area (Å²) in [6.45, 7) is 4.04. The molecule has 2 nitrogen and oxygen atoms in total. The molecule has 1 heterocycles. The van der Waals surface area contributed by atoms with Gasteiger partial charge in [0, 0.05) is 9.86 Å². The van der Waals surface area contributed by atoms with Crippen LogP contribution in [0.3, 0.4) is 0 Å². The normalized spacial score (nSPS) is 11.2. The average Bonchev–Trinajstić information content (AvgIpc) is 2.62. The lowest BCUT2D eigenvalue weighted by molar-refractivity contribution is 0.607. The maximum atomic E-state index is 6.10. The molecule has 0 radical (unpaired) electrons. The summed E-state index contributed by atoms with van der Waals surface area (Å²) < 4.78 is 6.47. The molecule has 0 fully saturated rings. The van der Waals surface area contributed by atoms with E-state index in [2.05, 4.69) is 28.2 Å². The van der Waals surface area contributed by atoms with Crippen molar-refractivity contribution in [3.05, 3.63) is 33.5 Å². The number of rotatable bonds is 4. The van der Waals surface area contributed by atoms with Crippen molar-refractivity contribution in [2.75, 3.05) is 13.1 Å². The number of nitrogens with one attached hydrogen (secondary N) is 1. The van der Waals surface area contributed by atoms with Crippen molar-refractivity contribution < 1.29 is 4.42 Å². The van der Waals surface area contributed by atoms with E-state index in [0.717, 1.165) is 35.0 Å². The first-order valence-corrected chi connectivity index (χ1v) is 6.45. The molecule has 4 heteroatoms. The highest BCUT2D eigenvalue weighted by molar-refractivity contribution is 9.10. The van der Waals surface area contributed by atoms with Gasteiger partial charge >= 0.3 is 0 Å². The molecular formula is C12H13BrClNO. The summed E-state index contributed by atoms with van der Waals surface area (Å²) in [6, 6.07) is 3.90. The van der Waals surface area contributed by atoms with Crippen LogP contribution in [-0.2, 0) is 6.42 Å². The fraction of sp³-hybridized carbons (Fsp3) is 0.333. The molecule has 0 unspecified atom stereocenters. The molecule has 0 aliphatic rings. The summed E-state index contributed by atoms with van der Waals surface area (Å²) in [6.07, 6.45) is 2.74. The Kier molecular flexibility index (Phi) is 3.90. The molecule has 0 saturated heterocycles. The summed E-state index contributed by atoms with van der Waals surface area (Å²) in [7, 11) is 0. The van der Waals surface area contributed by atoms with Gasteiger partial charge in [-0.2, -0.15) is 0 Å². The Balaban J connectivity index is 2.32. The van der Waals surface area contributed by atoms with Crippen molar-refractivity contribution in [1.82, 2.24) is 5.32 Å². The third kappa shape index (κ3) is 2.42. The van der Waals surface area contributed by atoms with Gasteiger partial charge in [0.25, 0.3) is 0 Å². The van der Waals surface area contributed by atoms with Crippen LogP contribution in [0, 0.1) is 0 Å². The predicted octanol–water partition coefficient (Wildman–Crippen LogP) is 4.00.